The number of nitrogens with zero attached hydrogens (tertiary/aromatic N) is 2. The van der Waals surface area contributed by atoms with Crippen LogP contribution in [0.3, 0.4) is 0 Å². The average molecular weight is 327 g/mol. The maximum Gasteiger partial charge on any atom is 0.435 e. The van der Waals surface area contributed by atoms with Crippen molar-refractivity contribution in [3.05, 3.63) is 41.7 Å². The number of carbonyl (C=O) groups excluding carboxylic acids is 1. The fourth-order valence-electron chi connectivity index (χ4n) is 2.06. The minimum atomic E-state index is -4.47. The molecule has 0 spiro atoms. The van der Waals surface area contributed by atoms with E-state index in [0.717, 1.165) is 10.7 Å². The molecule has 6 nitrogen and oxygen atoms in total. The molecule has 0 saturated heterocycles. The summed E-state index contributed by atoms with van der Waals surface area (Å²) < 4.78 is 48.7. The van der Waals surface area contributed by atoms with Crippen LogP contribution in [-0.2, 0) is 12.7 Å². The molecular formula is C14H12F3N3O3. The average Bonchev–Trinajstić information content (AvgIpc) is 3.14. The largest absolute Gasteiger partial charge is 0.454 e. The van der Waals surface area contributed by atoms with Crippen molar-refractivity contribution in [2.45, 2.75) is 12.7 Å². The summed E-state index contributed by atoms with van der Waals surface area (Å²) in [5, 5.41) is 6.01. The van der Waals surface area contributed by atoms with Crippen molar-refractivity contribution in [2.24, 2.45) is 0 Å². The molecule has 2 heterocycles. The molecule has 1 aliphatic heterocycles. The highest BCUT2D eigenvalue weighted by atomic mass is 19.4. The Morgan fingerprint density at radius 2 is 2.04 bits per heavy atom. The second-order valence-electron chi connectivity index (χ2n) is 4.79. The smallest absolute Gasteiger partial charge is 0.435 e. The van der Waals surface area contributed by atoms with Crippen molar-refractivity contribution in [1.29, 1.82) is 0 Å². The van der Waals surface area contributed by atoms with E-state index in [0.29, 0.717) is 17.1 Å². The first-order valence-corrected chi connectivity index (χ1v) is 6.72. The predicted octanol–water partition coefficient (Wildman–Crippen LogP) is 2.06. The van der Waals surface area contributed by atoms with Gasteiger partial charge in [0.05, 0.1) is 6.54 Å². The number of amides is 1. The van der Waals surface area contributed by atoms with Crippen LogP contribution in [0.1, 0.15) is 16.1 Å². The maximum atomic E-state index is 12.4. The Morgan fingerprint density at radius 1 is 1.26 bits per heavy atom. The number of hydrogen-bond donors (Lipinski definition) is 1. The molecule has 9 heteroatoms. The van der Waals surface area contributed by atoms with Crippen molar-refractivity contribution < 1.29 is 27.4 Å². The van der Waals surface area contributed by atoms with Crippen molar-refractivity contribution in [3.63, 3.8) is 0 Å². The lowest BCUT2D eigenvalue weighted by Crippen LogP contribution is -2.27. The first-order chi connectivity index (χ1) is 10.9. The van der Waals surface area contributed by atoms with Gasteiger partial charge in [-0.1, -0.05) is 0 Å². The van der Waals surface area contributed by atoms with Crippen LogP contribution in [0.15, 0.2) is 30.5 Å². The molecule has 3 rings (SSSR count). The Morgan fingerprint density at radius 3 is 2.78 bits per heavy atom. The summed E-state index contributed by atoms with van der Waals surface area (Å²) in [6, 6.07) is 5.64. The lowest BCUT2D eigenvalue weighted by atomic mass is 10.2. The topological polar surface area (TPSA) is 65.4 Å². The molecule has 0 saturated carbocycles. The summed E-state index contributed by atoms with van der Waals surface area (Å²) in [6.07, 6.45) is -3.25. The lowest BCUT2D eigenvalue weighted by molar-refractivity contribution is -0.141. The van der Waals surface area contributed by atoms with E-state index in [2.05, 4.69) is 10.4 Å². The van der Waals surface area contributed by atoms with Gasteiger partial charge in [0.1, 0.15) is 0 Å². The van der Waals surface area contributed by atoms with Gasteiger partial charge < -0.3 is 14.8 Å². The van der Waals surface area contributed by atoms with E-state index in [9.17, 15) is 18.0 Å². The first-order valence-electron chi connectivity index (χ1n) is 6.72. The molecule has 0 unspecified atom stereocenters. The zero-order valence-corrected chi connectivity index (χ0v) is 11.8. The second kappa shape index (κ2) is 5.82. The number of carbonyl (C=O) groups is 1. The highest BCUT2D eigenvalue weighted by Gasteiger charge is 2.33. The Kier molecular flexibility index (Phi) is 3.85. The normalized spacial score (nSPS) is 13.2. The minimum Gasteiger partial charge on any atom is -0.454 e. The molecule has 1 aromatic heterocycles. The summed E-state index contributed by atoms with van der Waals surface area (Å²) in [4.78, 5) is 12.0. The molecule has 0 bridgehead atoms. The third-order valence-corrected chi connectivity index (χ3v) is 3.19. The second-order valence-corrected chi connectivity index (χ2v) is 4.79. The number of alkyl halides is 3. The fraction of sp³-hybridized carbons (Fsp3) is 0.286. The van der Waals surface area contributed by atoms with Gasteiger partial charge in [-0.15, -0.1) is 0 Å². The van der Waals surface area contributed by atoms with E-state index in [1.54, 1.807) is 18.2 Å². The molecule has 23 heavy (non-hydrogen) atoms. The van der Waals surface area contributed by atoms with Gasteiger partial charge in [-0.2, -0.15) is 18.3 Å². The van der Waals surface area contributed by atoms with E-state index in [1.165, 1.54) is 6.20 Å². The fourth-order valence-corrected chi connectivity index (χ4v) is 2.06. The molecule has 2 aromatic rings. The number of hydrogen-bond acceptors (Lipinski definition) is 4. The summed E-state index contributed by atoms with van der Waals surface area (Å²) in [6.45, 7) is 0.389. The van der Waals surface area contributed by atoms with Gasteiger partial charge in [-0.25, -0.2) is 0 Å². The number of rotatable bonds is 4. The molecule has 0 aliphatic carbocycles. The van der Waals surface area contributed by atoms with Gasteiger partial charge in [0.15, 0.2) is 17.2 Å². The molecule has 0 atom stereocenters. The Balaban J connectivity index is 1.54. The third kappa shape index (κ3) is 3.38. The summed E-state index contributed by atoms with van der Waals surface area (Å²) in [7, 11) is 0. The van der Waals surface area contributed by atoms with Gasteiger partial charge in [-0.3, -0.25) is 9.48 Å². The highest BCUT2D eigenvalue weighted by molar-refractivity contribution is 5.94. The van der Waals surface area contributed by atoms with E-state index < -0.39 is 11.9 Å². The van der Waals surface area contributed by atoms with E-state index >= 15 is 0 Å². The molecule has 1 amide bonds. The number of nitrogens with one attached hydrogen (secondary N) is 1. The molecular weight excluding hydrogens is 315 g/mol. The van der Waals surface area contributed by atoms with E-state index in [-0.39, 0.29) is 25.8 Å². The lowest BCUT2D eigenvalue weighted by Gasteiger charge is -2.06. The maximum absolute atomic E-state index is 12.4. The van der Waals surface area contributed by atoms with E-state index in [4.69, 9.17) is 9.47 Å². The zero-order chi connectivity index (χ0) is 16.4. The SMILES string of the molecule is O=C(NCCn1ccc(C(F)(F)F)n1)c1ccc2c(c1)OCO2. The van der Waals surface area contributed by atoms with Crippen LogP contribution in [0, 0.1) is 0 Å². The highest BCUT2D eigenvalue weighted by Crippen LogP contribution is 2.32. The van der Waals surface area contributed by atoms with Crippen LogP contribution in [0.5, 0.6) is 11.5 Å². The van der Waals surface area contributed by atoms with Crippen LogP contribution < -0.4 is 14.8 Å². The Labute approximate surface area is 128 Å². The number of benzene rings is 1. The Bertz CT molecular complexity index is 728. The number of halogens is 3. The quantitative estimate of drug-likeness (QED) is 0.933. The van der Waals surface area contributed by atoms with Crippen LogP contribution in [0.2, 0.25) is 0 Å². The van der Waals surface area contributed by atoms with Gasteiger partial charge in [-0.05, 0) is 24.3 Å². The first kappa shape index (κ1) is 15.2. The van der Waals surface area contributed by atoms with Crippen molar-refractivity contribution in [1.82, 2.24) is 15.1 Å². The molecule has 1 aliphatic rings. The monoisotopic (exact) mass is 327 g/mol. The standard InChI is InChI=1S/C14H12F3N3O3/c15-14(16,17)12-3-5-20(19-12)6-4-18-13(21)9-1-2-10-11(7-9)23-8-22-10/h1-3,5,7H,4,6,8H2,(H,18,21). The molecule has 0 radical (unpaired) electrons. The summed E-state index contributed by atoms with van der Waals surface area (Å²) in [5.41, 5.74) is -0.578. The van der Waals surface area contributed by atoms with Crippen LogP contribution >= 0.6 is 0 Å². The van der Waals surface area contributed by atoms with Gasteiger partial charge in [0, 0.05) is 18.3 Å². The van der Waals surface area contributed by atoms with Crippen LogP contribution in [0.25, 0.3) is 0 Å². The third-order valence-electron chi connectivity index (χ3n) is 3.19. The van der Waals surface area contributed by atoms with Crippen LogP contribution in [-0.4, -0.2) is 29.0 Å². The molecule has 1 aromatic carbocycles. The van der Waals surface area contributed by atoms with Gasteiger partial charge in [0.2, 0.25) is 6.79 Å². The van der Waals surface area contributed by atoms with Crippen molar-refractivity contribution in [3.8, 4) is 11.5 Å². The molecule has 1 N–H and O–H groups in total. The predicted molar refractivity (Wildman–Crippen MR) is 72.1 cm³/mol. The van der Waals surface area contributed by atoms with E-state index in [1.807, 2.05) is 0 Å². The zero-order valence-electron chi connectivity index (χ0n) is 11.8. The van der Waals surface area contributed by atoms with Crippen molar-refractivity contribution >= 4 is 5.91 Å². The van der Waals surface area contributed by atoms with Gasteiger partial charge in [0.25, 0.3) is 5.91 Å². The summed E-state index contributed by atoms with van der Waals surface area (Å²) in [5.74, 6) is 0.698. The molecule has 122 valence electrons. The Hall–Kier alpha value is -2.71. The number of aromatic nitrogens is 2. The van der Waals surface area contributed by atoms with Crippen molar-refractivity contribution in [2.75, 3.05) is 13.3 Å². The minimum absolute atomic E-state index is 0.112. The summed E-state index contributed by atoms with van der Waals surface area (Å²) >= 11 is 0. The molecule has 0 fully saturated rings. The van der Waals surface area contributed by atoms with Crippen LogP contribution in [0.4, 0.5) is 13.2 Å². The van der Waals surface area contributed by atoms with Gasteiger partial charge >= 0.3 is 6.18 Å². The number of fused-ring (bicyclic) bond motifs is 1. The number of ether oxygens (including phenoxy) is 2.